The molecule has 0 radical (unpaired) electrons. The average molecular weight is 506 g/mol. The summed E-state index contributed by atoms with van der Waals surface area (Å²) in [5.74, 6) is 2.24. The van der Waals surface area contributed by atoms with Crippen molar-refractivity contribution in [2.45, 2.75) is 19.9 Å². The summed E-state index contributed by atoms with van der Waals surface area (Å²) in [6, 6.07) is 16.1. The summed E-state index contributed by atoms with van der Waals surface area (Å²) >= 11 is 0. The normalized spacial score (nSPS) is 10.9. The van der Waals surface area contributed by atoms with Crippen LogP contribution in [0.15, 0.2) is 64.2 Å². The van der Waals surface area contributed by atoms with Crippen LogP contribution in [0, 0.1) is 6.92 Å². The van der Waals surface area contributed by atoms with Crippen molar-refractivity contribution in [3.8, 4) is 17.2 Å². The fourth-order valence-corrected chi connectivity index (χ4v) is 2.84. The van der Waals surface area contributed by atoms with E-state index in [0.717, 1.165) is 41.5 Å². The predicted octanol–water partition coefficient (Wildman–Crippen LogP) is 4.18. The molecule has 7 heteroatoms. The smallest absolute Gasteiger partial charge is 0.226 e. The lowest BCUT2D eigenvalue weighted by Gasteiger charge is -2.12. The maximum Gasteiger partial charge on any atom is 0.226 e. The highest BCUT2D eigenvalue weighted by molar-refractivity contribution is 14.0. The number of oxazole rings is 1. The van der Waals surface area contributed by atoms with E-state index in [9.17, 15) is 0 Å². The molecule has 29 heavy (non-hydrogen) atoms. The van der Waals surface area contributed by atoms with Gasteiger partial charge in [-0.25, -0.2) is 4.98 Å². The quantitative estimate of drug-likeness (QED) is 0.286. The summed E-state index contributed by atoms with van der Waals surface area (Å²) in [7, 11) is 3.44. The lowest BCUT2D eigenvalue weighted by molar-refractivity contribution is 0.409. The van der Waals surface area contributed by atoms with Crippen LogP contribution in [0.3, 0.4) is 0 Å². The van der Waals surface area contributed by atoms with Crippen molar-refractivity contribution in [3.05, 3.63) is 71.6 Å². The lowest BCUT2D eigenvalue weighted by atomic mass is 10.1. The summed E-state index contributed by atoms with van der Waals surface area (Å²) in [5, 5.41) is 6.57. The number of para-hydroxylation sites is 1. The molecule has 154 valence electrons. The number of aryl methyl sites for hydroxylation is 1. The molecule has 0 unspecified atom stereocenters. The van der Waals surface area contributed by atoms with Gasteiger partial charge in [0.25, 0.3) is 0 Å². The first-order valence-electron chi connectivity index (χ1n) is 9.27. The standard InChI is InChI=1S/C22H26N4O2.HI/c1-16-8-10-18(11-9-16)21-26-19(15-28-21)14-25-22(23-2)24-13-12-17-6-4-5-7-20(17)27-3;/h4-11,15H,12-14H2,1-3H3,(H2,23,24,25);1H. The first kappa shape index (κ1) is 22.7. The second kappa shape index (κ2) is 11.5. The van der Waals surface area contributed by atoms with Crippen LogP contribution >= 0.6 is 24.0 Å². The molecule has 0 aliphatic carbocycles. The number of nitrogens with one attached hydrogen (secondary N) is 2. The topological polar surface area (TPSA) is 71.7 Å². The molecule has 0 amide bonds. The number of hydrogen-bond donors (Lipinski definition) is 2. The Labute approximate surface area is 188 Å². The van der Waals surface area contributed by atoms with Crippen molar-refractivity contribution in [1.29, 1.82) is 0 Å². The summed E-state index contributed by atoms with van der Waals surface area (Å²) < 4.78 is 11.0. The molecule has 1 aromatic heterocycles. The Kier molecular flexibility index (Phi) is 8.98. The Morgan fingerprint density at radius 1 is 1.10 bits per heavy atom. The molecule has 3 rings (SSSR count). The van der Waals surface area contributed by atoms with E-state index in [4.69, 9.17) is 9.15 Å². The van der Waals surface area contributed by atoms with Crippen molar-refractivity contribution in [2.24, 2.45) is 4.99 Å². The van der Waals surface area contributed by atoms with Crippen molar-refractivity contribution in [2.75, 3.05) is 20.7 Å². The monoisotopic (exact) mass is 506 g/mol. The second-order valence-electron chi connectivity index (χ2n) is 6.42. The minimum atomic E-state index is 0. The van der Waals surface area contributed by atoms with Crippen LogP contribution in [0.25, 0.3) is 11.5 Å². The van der Waals surface area contributed by atoms with Gasteiger partial charge < -0.3 is 19.8 Å². The van der Waals surface area contributed by atoms with Crippen molar-refractivity contribution in [1.82, 2.24) is 15.6 Å². The molecular formula is C22H27IN4O2. The van der Waals surface area contributed by atoms with Crippen LogP contribution in [0.4, 0.5) is 0 Å². The van der Waals surface area contributed by atoms with Gasteiger partial charge in [-0.1, -0.05) is 35.9 Å². The summed E-state index contributed by atoms with van der Waals surface area (Å²) in [6.45, 7) is 3.33. The largest absolute Gasteiger partial charge is 0.496 e. The van der Waals surface area contributed by atoms with Crippen molar-refractivity contribution >= 4 is 29.9 Å². The van der Waals surface area contributed by atoms with Crippen LogP contribution in [0.5, 0.6) is 5.75 Å². The number of aromatic nitrogens is 1. The number of nitrogens with zero attached hydrogens (tertiary/aromatic N) is 2. The third-order valence-corrected chi connectivity index (χ3v) is 4.39. The maximum absolute atomic E-state index is 5.60. The highest BCUT2D eigenvalue weighted by Gasteiger charge is 2.08. The van der Waals surface area contributed by atoms with Crippen molar-refractivity contribution < 1.29 is 9.15 Å². The van der Waals surface area contributed by atoms with Crippen LogP contribution in [0.2, 0.25) is 0 Å². The molecule has 0 saturated carbocycles. The van der Waals surface area contributed by atoms with Gasteiger partial charge in [-0.15, -0.1) is 24.0 Å². The Morgan fingerprint density at radius 2 is 1.86 bits per heavy atom. The minimum absolute atomic E-state index is 0. The maximum atomic E-state index is 5.60. The van der Waals surface area contributed by atoms with Crippen LogP contribution in [-0.2, 0) is 13.0 Å². The lowest BCUT2D eigenvalue weighted by Crippen LogP contribution is -2.37. The Hall–Kier alpha value is -2.55. The van der Waals surface area contributed by atoms with E-state index in [1.165, 1.54) is 5.56 Å². The molecule has 0 spiro atoms. The van der Waals surface area contributed by atoms with E-state index in [2.05, 4.69) is 33.6 Å². The third kappa shape index (κ3) is 6.49. The Morgan fingerprint density at radius 3 is 2.59 bits per heavy atom. The van der Waals surface area contributed by atoms with Gasteiger partial charge in [0.15, 0.2) is 5.96 Å². The zero-order valence-electron chi connectivity index (χ0n) is 16.9. The molecular weight excluding hydrogens is 479 g/mol. The zero-order valence-corrected chi connectivity index (χ0v) is 19.3. The fraction of sp³-hybridized carbons (Fsp3) is 0.273. The van der Waals surface area contributed by atoms with Gasteiger partial charge in [-0.2, -0.15) is 0 Å². The van der Waals surface area contributed by atoms with Gasteiger partial charge in [-0.3, -0.25) is 4.99 Å². The molecule has 3 aromatic rings. The highest BCUT2D eigenvalue weighted by atomic mass is 127. The van der Waals surface area contributed by atoms with E-state index < -0.39 is 0 Å². The SMILES string of the molecule is CN=C(NCCc1ccccc1OC)NCc1coc(-c2ccc(C)cc2)n1.I. The fourth-order valence-electron chi connectivity index (χ4n) is 2.84. The Bertz CT molecular complexity index is 923. The van der Waals surface area contributed by atoms with E-state index in [1.54, 1.807) is 20.4 Å². The molecule has 6 nitrogen and oxygen atoms in total. The third-order valence-electron chi connectivity index (χ3n) is 4.39. The molecule has 2 N–H and O–H groups in total. The van der Waals surface area contributed by atoms with Gasteiger partial charge in [0, 0.05) is 19.2 Å². The Balaban J connectivity index is 0.00000300. The van der Waals surface area contributed by atoms with Crippen molar-refractivity contribution in [3.63, 3.8) is 0 Å². The highest BCUT2D eigenvalue weighted by Crippen LogP contribution is 2.19. The molecule has 0 aliphatic rings. The number of halogens is 1. The van der Waals surface area contributed by atoms with E-state index in [0.29, 0.717) is 12.4 Å². The van der Waals surface area contributed by atoms with Gasteiger partial charge in [0.1, 0.15) is 12.0 Å². The number of guanidine groups is 1. The number of benzene rings is 2. The van der Waals surface area contributed by atoms with Gasteiger partial charge in [0.2, 0.25) is 5.89 Å². The van der Waals surface area contributed by atoms with Gasteiger partial charge in [-0.05, 0) is 37.1 Å². The van der Waals surface area contributed by atoms with Crippen LogP contribution in [0.1, 0.15) is 16.8 Å². The van der Waals surface area contributed by atoms with Crippen LogP contribution < -0.4 is 15.4 Å². The molecule has 0 bridgehead atoms. The summed E-state index contributed by atoms with van der Waals surface area (Å²) in [5.41, 5.74) is 4.16. The van der Waals surface area contributed by atoms with Crippen LogP contribution in [-0.4, -0.2) is 31.6 Å². The average Bonchev–Trinajstić information content (AvgIpc) is 3.20. The van der Waals surface area contributed by atoms with E-state index in [1.807, 2.05) is 42.5 Å². The predicted molar refractivity (Wildman–Crippen MR) is 127 cm³/mol. The molecule has 0 fully saturated rings. The zero-order chi connectivity index (χ0) is 19.8. The summed E-state index contributed by atoms with van der Waals surface area (Å²) in [4.78, 5) is 8.79. The number of rotatable bonds is 7. The summed E-state index contributed by atoms with van der Waals surface area (Å²) in [6.07, 6.45) is 2.51. The van der Waals surface area contributed by atoms with E-state index >= 15 is 0 Å². The number of hydrogen-bond acceptors (Lipinski definition) is 4. The second-order valence-corrected chi connectivity index (χ2v) is 6.42. The first-order chi connectivity index (χ1) is 13.7. The van der Waals surface area contributed by atoms with Gasteiger partial charge >= 0.3 is 0 Å². The number of aliphatic imine (C=N–C) groups is 1. The molecule has 0 atom stereocenters. The molecule has 2 aromatic carbocycles. The van der Waals surface area contributed by atoms with Gasteiger partial charge in [0.05, 0.1) is 19.3 Å². The number of ether oxygens (including phenoxy) is 1. The first-order valence-corrected chi connectivity index (χ1v) is 9.27. The van der Waals surface area contributed by atoms with E-state index in [-0.39, 0.29) is 24.0 Å². The minimum Gasteiger partial charge on any atom is -0.496 e. The number of methoxy groups -OCH3 is 1. The molecule has 1 heterocycles. The molecule has 0 aliphatic heterocycles. The molecule has 0 saturated heterocycles.